The molecule has 7 heteroatoms. The predicted molar refractivity (Wildman–Crippen MR) is 149 cm³/mol. The van der Waals surface area contributed by atoms with Gasteiger partial charge >= 0.3 is 0 Å². The van der Waals surface area contributed by atoms with Crippen LogP contribution in [-0.4, -0.2) is 44.8 Å². The molecular formula is C31H34N4O3. The summed E-state index contributed by atoms with van der Waals surface area (Å²) in [5, 5.41) is 2.99. The van der Waals surface area contributed by atoms with E-state index in [1.54, 1.807) is 6.20 Å². The molecule has 1 aliphatic rings. The van der Waals surface area contributed by atoms with Gasteiger partial charge in [0.15, 0.2) is 0 Å². The number of carbonyl (C=O) groups excluding carboxylic acids is 2. The Kier molecular flexibility index (Phi) is 7.18. The quantitative estimate of drug-likeness (QED) is 0.360. The minimum absolute atomic E-state index is 0.0646. The summed E-state index contributed by atoms with van der Waals surface area (Å²) in [5.74, 6) is 1.15. The Morgan fingerprint density at radius 2 is 1.68 bits per heavy atom. The maximum atomic E-state index is 13.0. The number of carbonyl (C=O) groups is 2. The Bertz CT molecular complexity index is 1410. The molecule has 2 amide bonds. The predicted octanol–water partition coefficient (Wildman–Crippen LogP) is 5.71. The molecule has 38 heavy (non-hydrogen) atoms. The van der Waals surface area contributed by atoms with Crippen molar-refractivity contribution in [3.8, 4) is 5.75 Å². The topological polar surface area (TPSA) is 75.9 Å². The van der Waals surface area contributed by atoms with Gasteiger partial charge in [0, 0.05) is 36.7 Å². The highest BCUT2D eigenvalue weighted by Gasteiger charge is 2.25. The van der Waals surface area contributed by atoms with Crippen LogP contribution in [0.2, 0.25) is 0 Å². The molecule has 1 aliphatic heterocycles. The molecule has 2 aromatic carbocycles. The first-order chi connectivity index (χ1) is 18.2. The molecule has 0 unspecified atom stereocenters. The number of rotatable bonds is 6. The summed E-state index contributed by atoms with van der Waals surface area (Å²) in [7, 11) is 0. The lowest BCUT2D eigenvalue weighted by Crippen LogP contribution is -2.37. The van der Waals surface area contributed by atoms with Crippen LogP contribution in [0.1, 0.15) is 61.1 Å². The second kappa shape index (κ2) is 10.7. The van der Waals surface area contributed by atoms with Crippen molar-refractivity contribution in [1.29, 1.82) is 0 Å². The van der Waals surface area contributed by atoms with Gasteiger partial charge < -0.3 is 19.4 Å². The molecule has 2 aromatic heterocycles. The van der Waals surface area contributed by atoms with Gasteiger partial charge in [0.25, 0.3) is 5.91 Å². The number of imidazole rings is 1. The van der Waals surface area contributed by atoms with Crippen LogP contribution in [0, 0.1) is 0 Å². The Morgan fingerprint density at radius 1 is 0.974 bits per heavy atom. The van der Waals surface area contributed by atoms with Crippen LogP contribution in [0.5, 0.6) is 5.75 Å². The minimum atomic E-state index is -0.271. The van der Waals surface area contributed by atoms with Crippen molar-refractivity contribution in [3.63, 3.8) is 0 Å². The number of hydrogen-bond acceptors (Lipinski definition) is 4. The average molecular weight is 511 g/mol. The van der Waals surface area contributed by atoms with Gasteiger partial charge in [-0.05, 0) is 93.6 Å². The van der Waals surface area contributed by atoms with Crippen molar-refractivity contribution in [3.05, 3.63) is 95.9 Å². The van der Waals surface area contributed by atoms with Gasteiger partial charge in [0.1, 0.15) is 17.0 Å². The Balaban J connectivity index is 1.12. The zero-order valence-corrected chi connectivity index (χ0v) is 22.2. The van der Waals surface area contributed by atoms with Crippen molar-refractivity contribution in [2.45, 2.75) is 51.6 Å². The lowest BCUT2D eigenvalue weighted by Gasteiger charge is -2.32. The van der Waals surface area contributed by atoms with Gasteiger partial charge in [-0.2, -0.15) is 0 Å². The van der Waals surface area contributed by atoms with Crippen molar-refractivity contribution in [1.82, 2.24) is 14.3 Å². The highest BCUT2D eigenvalue weighted by atomic mass is 16.5. The van der Waals surface area contributed by atoms with Crippen LogP contribution in [0.3, 0.4) is 0 Å². The van der Waals surface area contributed by atoms with E-state index in [1.807, 2.05) is 90.9 Å². The number of ether oxygens (including phenoxy) is 1. The first-order valence-corrected chi connectivity index (χ1v) is 13.1. The van der Waals surface area contributed by atoms with Gasteiger partial charge in [-0.25, -0.2) is 4.98 Å². The molecule has 0 bridgehead atoms. The molecular weight excluding hydrogens is 476 g/mol. The molecule has 0 atom stereocenters. The van der Waals surface area contributed by atoms with E-state index in [0.29, 0.717) is 11.5 Å². The summed E-state index contributed by atoms with van der Waals surface area (Å²) in [5.41, 5.74) is 4.11. The fourth-order valence-corrected chi connectivity index (χ4v) is 4.94. The number of pyridine rings is 1. The second-order valence-corrected chi connectivity index (χ2v) is 10.8. The third kappa shape index (κ3) is 6.05. The zero-order valence-electron chi connectivity index (χ0n) is 22.2. The van der Waals surface area contributed by atoms with E-state index in [4.69, 9.17) is 4.74 Å². The third-order valence-electron chi connectivity index (χ3n) is 6.81. The molecule has 1 N–H and O–H groups in total. The smallest absolute Gasteiger partial charge is 0.253 e. The van der Waals surface area contributed by atoms with E-state index in [2.05, 4.69) is 22.4 Å². The molecule has 0 saturated carbocycles. The molecule has 196 valence electrons. The standard InChI is InChI=1S/C31H34N4O3/c1-31(2,3)38-27-13-9-24(10-14-27)30(37)34-18-15-23(16-19-34)22-7-11-25(12-8-22)33-29(36)20-26-21-32-28-6-4-5-17-35(26)28/h4-14,17,21,23H,15-16,18-20H2,1-3H3,(H,33,36). The summed E-state index contributed by atoms with van der Waals surface area (Å²) in [4.78, 5) is 31.9. The first-order valence-electron chi connectivity index (χ1n) is 13.1. The molecule has 0 aliphatic carbocycles. The summed E-state index contributed by atoms with van der Waals surface area (Å²) >= 11 is 0. The van der Waals surface area contributed by atoms with Crippen LogP contribution in [0.4, 0.5) is 5.69 Å². The number of piperidine rings is 1. The largest absolute Gasteiger partial charge is 0.488 e. The van der Waals surface area contributed by atoms with Gasteiger partial charge in [-0.3, -0.25) is 9.59 Å². The number of benzene rings is 2. The van der Waals surface area contributed by atoms with Gasteiger partial charge in [-0.15, -0.1) is 0 Å². The van der Waals surface area contributed by atoms with Crippen molar-refractivity contribution < 1.29 is 14.3 Å². The second-order valence-electron chi connectivity index (χ2n) is 10.8. The van der Waals surface area contributed by atoms with Crippen molar-refractivity contribution in [2.24, 2.45) is 0 Å². The summed E-state index contributed by atoms with van der Waals surface area (Å²) in [6, 6.07) is 21.3. The number of anilines is 1. The van der Waals surface area contributed by atoms with Crippen LogP contribution >= 0.6 is 0 Å². The average Bonchev–Trinajstić information content (AvgIpc) is 3.31. The molecule has 0 radical (unpaired) electrons. The molecule has 3 heterocycles. The van der Waals surface area contributed by atoms with Crippen LogP contribution in [0.15, 0.2) is 79.1 Å². The van der Waals surface area contributed by atoms with E-state index >= 15 is 0 Å². The molecule has 1 fully saturated rings. The highest BCUT2D eigenvalue weighted by Crippen LogP contribution is 2.30. The van der Waals surface area contributed by atoms with E-state index < -0.39 is 0 Å². The highest BCUT2D eigenvalue weighted by molar-refractivity contribution is 5.94. The van der Waals surface area contributed by atoms with E-state index in [9.17, 15) is 9.59 Å². The van der Waals surface area contributed by atoms with Gasteiger partial charge in [0.05, 0.1) is 12.1 Å². The Morgan fingerprint density at radius 3 is 2.37 bits per heavy atom. The molecule has 5 rings (SSSR count). The monoisotopic (exact) mass is 510 g/mol. The summed E-state index contributed by atoms with van der Waals surface area (Å²) in [6.45, 7) is 7.46. The third-order valence-corrected chi connectivity index (χ3v) is 6.81. The van der Waals surface area contributed by atoms with Gasteiger partial charge in [0.2, 0.25) is 5.91 Å². The number of fused-ring (bicyclic) bond motifs is 1. The number of hydrogen-bond donors (Lipinski definition) is 1. The Labute approximate surface area is 223 Å². The van der Waals surface area contributed by atoms with Crippen LogP contribution < -0.4 is 10.1 Å². The van der Waals surface area contributed by atoms with Crippen molar-refractivity contribution >= 4 is 23.1 Å². The molecule has 7 nitrogen and oxygen atoms in total. The fourth-order valence-electron chi connectivity index (χ4n) is 4.94. The Hall–Kier alpha value is -4.13. The zero-order chi connectivity index (χ0) is 26.7. The lowest BCUT2D eigenvalue weighted by atomic mass is 9.89. The number of nitrogens with zero attached hydrogens (tertiary/aromatic N) is 3. The lowest BCUT2D eigenvalue weighted by molar-refractivity contribution is -0.115. The van der Waals surface area contributed by atoms with E-state index in [0.717, 1.165) is 48.7 Å². The SMILES string of the molecule is CC(C)(C)Oc1ccc(C(=O)N2CCC(c3ccc(NC(=O)Cc4cnc5ccccn45)cc3)CC2)cc1. The normalized spacial score (nSPS) is 14.4. The van der Waals surface area contributed by atoms with Crippen molar-refractivity contribution in [2.75, 3.05) is 18.4 Å². The maximum absolute atomic E-state index is 13.0. The van der Waals surface area contributed by atoms with E-state index in [1.165, 1.54) is 5.56 Å². The maximum Gasteiger partial charge on any atom is 0.253 e. The number of nitrogens with one attached hydrogen (secondary N) is 1. The molecule has 1 saturated heterocycles. The minimum Gasteiger partial charge on any atom is -0.488 e. The fraction of sp³-hybridized carbons (Fsp3) is 0.323. The van der Waals surface area contributed by atoms with Crippen LogP contribution in [-0.2, 0) is 11.2 Å². The van der Waals surface area contributed by atoms with Gasteiger partial charge in [-0.1, -0.05) is 18.2 Å². The van der Waals surface area contributed by atoms with E-state index in [-0.39, 0.29) is 23.8 Å². The molecule has 0 spiro atoms. The number of likely N-dealkylation sites (tertiary alicyclic amines) is 1. The molecule has 4 aromatic rings. The number of aromatic nitrogens is 2. The summed E-state index contributed by atoms with van der Waals surface area (Å²) in [6.07, 6.45) is 5.74. The first kappa shape index (κ1) is 25.5. The van der Waals surface area contributed by atoms with Crippen LogP contribution in [0.25, 0.3) is 5.65 Å². The number of amides is 2. The summed E-state index contributed by atoms with van der Waals surface area (Å²) < 4.78 is 7.79.